The zero-order chi connectivity index (χ0) is 13.8. The summed E-state index contributed by atoms with van der Waals surface area (Å²) < 4.78 is 5.51. The smallest absolute Gasteiger partial charge is 0.244 e. The second-order valence-electron chi connectivity index (χ2n) is 5.19. The van der Waals surface area contributed by atoms with Gasteiger partial charge in [0, 0.05) is 13.6 Å². The van der Waals surface area contributed by atoms with Crippen molar-refractivity contribution < 1.29 is 9.53 Å². The Labute approximate surface area is 113 Å². The van der Waals surface area contributed by atoms with Gasteiger partial charge in [0.1, 0.15) is 11.9 Å². The molecule has 104 valence electrons. The van der Waals surface area contributed by atoms with Crippen molar-refractivity contribution in [1.82, 2.24) is 14.9 Å². The summed E-state index contributed by atoms with van der Waals surface area (Å²) in [5.41, 5.74) is 0. The highest BCUT2D eigenvalue weighted by Gasteiger charge is 2.29. The van der Waals surface area contributed by atoms with E-state index >= 15 is 0 Å². The molecule has 1 N–H and O–H groups in total. The minimum Gasteiger partial charge on any atom is -0.476 e. The maximum Gasteiger partial charge on any atom is 0.244 e. The number of nitrogens with one attached hydrogen (secondary N) is 1. The zero-order valence-corrected chi connectivity index (χ0v) is 11.6. The first kappa shape index (κ1) is 13.6. The van der Waals surface area contributed by atoms with E-state index < -0.39 is 0 Å². The number of nitrogens with zero attached hydrogens (tertiary/aromatic N) is 3. The van der Waals surface area contributed by atoms with Crippen molar-refractivity contribution in [2.24, 2.45) is 5.92 Å². The summed E-state index contributed by atoms with van der Waals surface area (Å²) in [6.45, 7) is 5.52. The van der Waals surface area contributed by atoms with E-state index in [1.807, 2.05) is 0 Å². The molecule has 19 heavy (non-hydrogen) atoms. The molecule has 0 aliphatic carbocycles. The fraction of sp³-hybridized carbons (Fsp3) is 0.615. The average Bonchev–Trinajstić information content (AvgIpc) is 2.69. The topological polar surface area (TPSA) is 67.3 Å². The van der Waals surface area contributed by atoms with Crippen molar-refractivity contribution in [1.29, 1.82) is 0 Å². The molecule has 0 bridgehead atoms. The summed E-state index contributed by atoms with van der Waals surface area (Å²) in [4.78, 5) is 21.9. The predicted molar refractivity (Wildman–Crippen MR) is 72.0 cm³/mol. The van der Waals surface area contributed by atoms with Crippen LogP contribution in [0.15, 0.2) is 12.4 Å². The summed E-state index contributed by atoms with van der Waals surface area (Å²) in [5, 5.41) is 3.10. The Morgan fingerprint density at radius 1 is 1.53 bits per heavy atom. The molecule has 1 aromatic heterocycles. The molecule has 0 radical (unpaired) electrons. The third-order valence-electron chi connectivity index (χ3n) is 2.93. The van der Waals surface area contributed by atoms with E-state index in [0.29, 0.717) is 24.2 Å². The van der Waals surface area contributed by atoms with Gasteiger partial charge in [-0.25, -0.2) is 0 Å². The number of likely N-dealkylation sites (tertiary alicyclic amines) is 1. The molecule has 1 saturated heterocycles. The largest absolute Gasteiger partial charge is 0.476 e. The molecule has 1 aliphatic heterocycles. The molecule has 1 fully saturated rings. The summed E-state index contributed by atoms with van der Waals surface area (Å²) >= 11 is 0. The Morgan fingerprint density at radius 3 is 2.95 bits per heavy atom. The number of amides is 1. The van der Waals surface area contributed by atoms with Gasteiger partial charge in [-0.3, -0.25) is 9.78 Å². The van der Waals surface area contributed by atoms with Crippen LogP contribution in [0.5, 0.6) is 5.88 Å². The van der Waals surface area contributed by atoms with Crippen LogP contribution in [0.3, 0.4) is 0 Å². The van der Waals surface area contributed by atoms with Crippen LogP contribution in [0.25, 0.3) is 0 Å². The van der Waals surface area contributed by atoms with Crippen LogP contribution in [0.2, 0.25) is 0 Å². The lowest BCUT2D eigenvalue weighted by atomic mass is 10.2. The van der Waals surface area contributed by atoms with Gasteiger partial charge in [-0.2, -0.15) is 4.98 Å². The average molecular weight is 264 g/mol. The van der Waals surface area contributed by atoms with Crippen LogP contribution in [-0.2, 0) is 4.79 Å². The van der Waals surface area contributed by atoms with Crippen molar-refractivity contribution >= 4 is 11.7 Å². The molecular formula is C13H20N4O2. The quantitative estimate of drug-likeness (QED) is 0.864. The molecule has 0 saturated carbocycles. The van der Waals surface area contributed by atoms with E-state index in [1.165, 1.54) is 0 Å². The SMILES string of the molecule is CC(C)COc1cncc(N[C@@H]2CCN(C)C2=O)n1. The van der Waals surface area contributed by atoms with Gasteiger partial charge < -0.3 is 15.0 Å². The van der Waals surface area contributed by atoms with Crippen molar-refractivity contribution in [2.45, 2.75) is 26.3 Å². The van der Waals surface area contributed by atoms with E-state index in [2.05, 4.69) is 29.1 Å². The van der Waals surface area contributed by atoms with Gasteiger partial charge in [-0.15, -0.1) is 0 Å². The molecule has 6 nitrogen and oxygen atoms in total. The van der Waals surface area contributed by atoms with Crippen LogP contribution >= 0.6 is 0 Å². The van der Waals surface area contributed by atoms with E-state index in [1.54, 1.807) is 24.3 Å². The van der Waals surface area contributed by atoms with Crippen LogP contribution in [0.1, 0.15) is 20.3 Å². The number of carbonyl (C=O) groups is 1. The molecule has 6 heteroatoms. The number of carbonyl (C=O) groups excluding carboxylic acids is 1. The molecule has 1 amide bonds. The monoisotopic (exact) mass is 264 g/mol. The van der Waals surface area contributed by atoms with Gasteiger partial charge >= 0.3 is 0 Å². The molecule has 1 atom stereocenters. The summed E-state index contributed by atoms with van der Waals surface area (Å²) in [6.07, 6.45) is 3.97. The Kier molecular flexibility index (Phi) is 4.19. The third-order valence-corrected chi connectivity index (χ3v) is 2.93. The number of ether oxygens (including phenoxy) is 1. The van der Waals surface area contributed by atoms with Gasteiger partial charge in [0.15, 0.2) is 0 Å². The highest BCUT2D eigenvalue weighted by atomic mass is 16.5. The molecule has 1 aromatic rings. The Morgan fingerprint density at radius 2 is 2.32 bits per heavy atom. The maximum atomic E-state index is 11.8. The molecule has 2 heterocycles. The van der Waals surface area contributed by atoms with E-state index in [-0.39, 0.29) is 11.9 Å². The van der Waals surface area contributed by atoms with E-state index in [9.17, 15) is 4.79 Å². The van der Waals surface area contributed by atoms with Gasteiger partial charge in [0.2, 0.25) is 11.8 Å². The predicted octanol–water partition coefficient (Wildman–Crippen LogP) is 1.15. The second kappa shape index (κ2) is 5.86. The standard InChI is InChI=1S/C13H20N4O2/c1-9(2)8-19-12-7-14-6-11(16-12)15-10-4-5-17(3)13(10)18/h6-7,9-10H,4-5,8H2,1-3H3,(H,15,16)/t10-/m1/s1. The molecule has 2 rings (SSSR count). The van der Waals surface area contributed by atoms with Crippen molar-refractivity contribution in [3.63, 3.8) is 0 Å². The van der Waals surface area contributed by atoms with E-state index in [4.69, 9.17) is 4.74 Å². The van der Waals surface area contributed by atoms with Crippen LogP contribution in [0, 0.1) is 5.92 Å². The maximum absolute atomic E-state index is 11.8. The first-order valence-electron chi connectivity index (χ1n) is 6.52. The minimum absolute atomic E-state index is 0.0929. The van der Waals surface area contributed by atoms with Gasteiger partial charge in [0.05, 0.1) is 19.0 Å². The number of anilines is 1. The molecule has 1 aliphatic rings. The Balaban J connectivity index is 1.97. The molecule has 0 aromatic carbocycles. The lowest BCUT2D eigenvalue weighted by molar-refractivity contribution is -0.127. The van der Waals surface area contributed by atoms with Crippen LogP contribution in [0.4, 0.5) is 5.82 Å². The number of hydrogen-bond donors (Lipinski definition) is 1. The number of aromatic nitrogens is 2. The van der Waals surface area contributed by atoms with Crippen molar-refractivity contribution in [3.05, 3.63) is 12.4 Å². The number of rotatable bonds is 5. The highest BCUT2D eigenvalue weighted by molar-refractivity contribution is 5.86. The van der Waals surface area contributed by atoms with Crippen molar-refractivity contribution in [2.75, 3.05) is 25.5 Å². The first-order chi connectivity index (χ1) is 9.06. The summed E-state index contributed by atoms with van der Waals surface area (Å²) in [7, 11) is 1.80. The van der Waals surface area contributed by atoms with Gasteiger partial charge in [-0.05, 0) is 12.3 Å². The zero-order valence-electron chi connectivity index (χ0n) is 11.6. The third kappa shape index (κ3) is 3.56. The minimum atomic E-state index is -0.209. The van der Waals surface area contributed by atoms with Crippen molar-refractivity contribution in [3.8, 4) is 5.88 Å². The van der Waals surface area contributed by atoms with Crippen LogP contribution in [-0.4, -0.2) is 47.0 Å². The lowest BCUT2D eigenvalue weighted by Crippen LogP contribution is -2.31. The Bertz CT molecular complexity index is 450. The first-order valence-corrected chi connectivity index (χ1v) is 6.52. The highest BCUT2D eigenvalue weighted by Crippen LogP contribution is 2.16. The summed E-state index contributed by atoms with van der Waals surface area (Å²) in [5.74, 6) is 1.59. The molecular weight excluding hydrogens is 244 g/mol. The van der Waals surface area contributed by atoms with Crippen LogP contribution < -0.4 is 10.1 Å². The second-order valence-corrected chi connectivity index (χ2v) is 5.19. The molecule has 0 unspecified atom stereocenters. The van der Waals surface area contributed by atoms with Gasteiger partial charge in [-0.1, -0.05) is 13.8 Å². The van der Waals surface area contributed by atoms with Gasteiger partial charge in [0.25, 0.3) is 0 Å². The fourth-order valence-electron chi connectivity index (χ4n) is 1.87. The normalized spacial score (nSPS) is 19.1. The fourth-order valence-corrected chi connectivity index (χ4v) is 1.87. The van der Waals surface area contributed by atoms with E-state index in [0.717, 1.165) is 13.0 Å². The molecule has 0 spiro atoms. The number of hydrogen-bond acceptors (Lipinski definition) is 5. The lowest BCUT2D eigenvalue weighted by Gasteiger charge is -2.13. The Hall–Kier alpha value is -1.85. The summed E-state index contributed by atoms with van der Waals surface area (Å²) in [6, 6.07) is -0.209. The number of likely N-dealkylation sites (N-methyl/N-ethyl adjacent to an activating group) is 1.